The van der Waals surface area contributed by atoms with Gasteiger partial charge in [0.1, 0.15) is 0 Å². The highest BCUT2D eigenvalue weighted by Crippen LogP contribution is 1.58. The average Bonchev–Trinajstić information content (AvgIpc) is 1.27. The summed E-state index contributed by atoms with van der Waals surface area (Å²) in [7, 11) is -1.72. The van der Waals surface area contributed by atoms with E-state index in [1.807, 2.05) is 0 Å². The summed E-state index contributed by atoms with van der Waals surface area (Å²) in [5.41, 5.74) is 0. The van der Waals surface area contributed by atoms with E-state index in [9.17, 15) is 4.79 Å². The molecule has 0 aromatic carbocycles. The van der Waals surface area contributed by atoms with Crippen LogP contribution >= 0.6 is 0 Å². The molecule has 0 aliphatic heterocycles. The van der Waals surface area contributed by atoms with Crippen LogP contribution in [0, 0.1) is 0 Å². The van der Waals surface area contributed by atoms with Gasteiger partial charge in [0.05, 0.1) is 0 Å². The topological polar surface area (TPSA) is 69.6 Å². The summed E-state index contributed by atoms with van der Waals surface area (Å²) in [6, 6.07) is 0. The van der Waals surface area contributed by atoms with Crippen LogP contribution in [-0.4, -0.2) is 23.2 Å². The molecule has 0 atom stereocenters. The van der Waals surface area contributed by atoms with Crippen molar-refractivity contribution in [1.82, 2.24) is 5.23 Å². The maximum atomic E-state index is 9.82. The van der Waals surface area contributed by atoms with Crippen LogP contribution in [0.3, 0.4) is 0 Å². The lowest BCUT2D eigenvalue weighted by Gasteiger charge is -1.93. The van der Waals surface area contributed by atoms with E-state index in [-0.39, 0.29) is 0 Å². The van der Waals surface area contributed by atoms with Gasteiger partial charge >= 0.3 is 7.25 Å². The largest absolute Gasteiger partial charge is 0.587 e. The standard InChI is InChI=1S/C2H6BNO3/c1-2(5)4-3(6)7/h6-7H,1H3,(H,4,5). The Hall–Kier alpha value is -0.545. The highest BCUT2D eigenvalue weighted by atomic mass is 16.4. The predicted molar refractivity (Wildman–Crippen MR) is 24.0 cm³/mol. The Morgan fingerprint density at radius 3 is 2.14 bits per heavy atom. The van der Waals surface area contributed by atoms with Gasteiger partial charge in [0.2, 0.25) is 5.91 Å². The van der Waals surface area contributed by atoms with Crippen molar-refractivity contribution in [3.05, 3.63) is 0 Å². The maximum Gasteiger partial charge on any atom is 0.587 e. The number of carbonyl (C=O) groups is 1. The summed E-state index contributed by atoms with van der Waals surface area (Å²) in [6.07, 6.45) is 0. The quantitative estimate of drug-likeness (QED) is 0.339. The maximum absolute atomic E-state index is 9.82. The lowest BCUT2D eigenvalue weighted by atomic mass is 10.1. The van der Waals surface area contributed by atoms with Crippen molar-refractivity contribution in [3.63, 3.8) is 0 Å². The zero-order valence-corrected chi connectivity index (χ0v) is 3.88. The van der Waals surface area contributed by atoms with E-state index < -0.39 is 13.2 Å². The van der Waals surface area contributed by atoms with Gasteiger partial charge in [-0.3, -0.25) is 4.79 Å². The smallest absolute Gasteiger partial charge is 0.408 e. The first kappa shape index (κ1) is 6.45. The molecule has 0 radical (unpaired) electrons. The summed E-state index contributed by atoms with van der Waals surface area (Å²) >= 11 is 0. The third-order valence-corrected chi connectivity index (χ3v) is 0.332. The van der Waals surface area contributed by atoms with E-state index in [4.69, 9.17) is 10.0 Å². The molecule has 0 saturated carbocycles. The van der Waals surface area contributed by atoms with Gasteiger partial charge in [0.25, 0.3) is 0 Å². The molecule has 7 heavy (non-hydrogen) atoms. The molecule has 5 heteroatoms. The van der Waals surface area contributed by atoms with E-state index in [0.717, 1.165) is 0 Å². The minimum absolute atomic E-state index is 0.463. The molecular formula is C2H6BNO3. The van der Waals surface area contributed by atoms with Crippen LogP contribution < -0.4 is 5.23 Å². The number of amides is 1. The summed E-state index contributed by atoms with van der Waals surface area (Å²) in [5, 5.41) is 17.7. The summed E-state index contributed by atoms with van der Waals surface area (Å²) in [4.78, 5) is 9.82. The minimum Gasteiger partial charge on any atom is -0.408 e. The van der Waals surface area contributed by atoms with Gasteiger partial charge in [-0.05, 0) is 0 Å². The Kier molecular flexibility index (Phi) is 2.40. The van der Waals surface area contributed by atoms with Gasteiger partial charge in [-0.2, -0.15) is 0 Å². The lowest BCUT2D eigenvalue weighted by Crippen LogP contribution is -2.37. The van der Waals surface area contributed by atoms with Crippen molar-refractivity contribution in [1.29, 1.82) is 0 Å². The Balaban J connectivity index is 3.13. The second kappa shape index (κ2) is 2.60. The Labute approximate surface area is 41.3 Å². The fourth-order valence-electron chi connectivity index (χ4n) is 0.182. The number of carbonyl (C=O) groups excluding carboxylic acids is 1. The van der Waals surface area contributed by atoms with Crippen molar-refractivity contribution in [3.8, 4) is 0 Å². The zero-order valence-electron chi connectivity index (χ0n) is 3.88. The second-order valence-electron chi connectivity index (χ2n) is 1.07. The Bertz CT molecular complexity index is 73.3. The molecule has 40 valence electrons. The van der Waals surface area contributed by atoms with Crippen LogP contribution in [0.1, 0.15) is 6.92 Å². The third kappa shape index (κ3) is 5.45. The second-order valence-corrected chi connectivity index (χ2v) is 1.07. The fraction of sp³-hybridized carbons (Fsp3) is 0.500. The number of nitrogens with one attached hydrogen (secondary N) is 1. The first-order chi connectivity index (χ1) is 3.13. The van der Waals surface area contributed by atoms with Crippen molar-refractivity contribution in [2.24, 2.45) is 0 Å². The number of rotatable bonds is 1. The van der Waals surface area contributed by atoms with E-state index in [1.165, 1.54) is 6.92 Å². The molecule has 0 rings (SSSR count). The van der Waals surface area contributed by atoms with Gasteiger partial charge in [-0.25, -0.2) is 0 Å². The molecule has 4 nitrogen and oxygen atoms in total. The molecule has 0 unspecified atom stereocenters. The van der Waals surface area contributed by atoms with Crippen LogP contribution in [0.15, 0.2) is 0 Å². The molecular weight excluding hydrogens is 96.8 g/mol. The zero-order chi connectivity index (χ0) is 5.86. The third-order valence-electron chi connectivity index (χ3n) is 0.332. The van der Waals surface area contributed by atoms with Gasteiger partial charge < -0.3 is 15.3 Å². The van der Waals surface area contributed by atoms with Crippen molar-refractivity contribution in [2.75, 3.05) is 0 Å². The van der Waals surface area contributed by atoms with Gasteiger partial charge in [0, 0.05) is 6.92 Å². The minimum atomic E-state index is -1.72. The van der Waals surface area contributed by atoms with Crippen molar-refractivity contribution in [2.45, 2.75) is 6.92 Å². The first-order valence-corrected chi connectivity index (χ1v) is 1.76. The highest BCUT2D eigenvalue weighted by molar-refractivity contribution is 6.42. The van der Waals surface area contributed by atoms with Gasteiger partial charge in [-0.1, -0.05) is 0 Å². The van der Waals surface area contributed by atoms with E-state index >= 15 is 0 Å². The Morgan fingerprint density at radius 2 is 2.14 bits per heavy atom. The van der Waals surface area contributed by atoms with Crippen molar-refractivity contribution >= 4 is 13.2 Å². The lowest BCUT2D eigenvalue weighted by molar-refractivity contribution is -0.117. The molecule has 0 heterocycles. The molecule has 3 N–H and O–H groups in total. The molecule has 0 aromatic rings. The van der Waals surface area contributed by atoms with Crippen molar-refractivity contribution < 1.29 is 14.8 Å². The van der Waals surface area contributed by atoms with Gasteiger partial charge in [-0.15, -0.1) is 0 Å². The van der Waals surface area contributed by atoms with Crippen LogP contribution in [0.4, 0.5) is 0 Å². The van der Waals surface area contributed by atoms with Crippen LogP contribution in [0.2, 0.25) is 0 Å². The number of hydrogen-bond donors (Lipinski definition) is 3. The average molecular weight is 103 g/mol. The molecule has 0 aliphatic rings. The molecule has 0 aromatic heterocycles. The van der Waals surface area contributed by atoms with Crippen LogP contribution in [0.25, 0.3) is 0 Å². The Morgan fingerprint density at radius 1 is 1.71 bits per heavy atom. The summed E-state index contributed by atoms with van der Waals surface area (Å²) in [5.74, 6) is -0.463. The SMILES string of the molecule is CC(=O)NB(O)O. The van der Waals surface area contributed by atoms with Crippen LogP contribution in [-0.2, 0) is 4.79 Å². The predicted octanol–water partition coefficient (Wildman–Crippen LogP) is -1.91. The highest BCUT2D eigenvalue weighted by Gasteiger charge is 2.06. The fourth-order valence-corrected chi connectivity index (χ4v) is 0.182. The molecule has 0 spiro atoms. The summed E-state index contributed by atoms with van der Waals surface area (Å²) < 4.78 is 0. The normalized spacial score (nSPS) is 7.86. The van der Waals surface area contributed by atoms with Gasteiger partial charge in [0.15, 0.2) is 0 Å². The molecule has 0 bridgehead atoms. The van der Waals surface area contributed by atoms with E-state index in [1.54, 1.807) is 5.23 Å². The molecule has 1 amide bonds. The number of hydrogen-bond acceptors (Lipinski definition) is 3. The summed E-state index contributed by atoms with van der Waals surface area (Å²) in [6.45, 7) is 1.19. The first-order valence-electron chi connectivity index (χ1n) is 1.76. The van der Waals surface area contributed by atoms with Crippen LogP contribution in [0.5, 0.6) is 0 Å². The molecule has 0 aliphatic carbocycles. The molecule has 0 saturated heterocycles. The van der Waals surface area contributed by atoms with E-state index in [0.29, 0.717) is 0 Å². The molecule has 0 fully saturated rings. The van der Waals surface area contributed by atoms with E-state index in [2.05, 4.69) is 0 Å². The monoisotopic (exact) mass is 103 g/mol.